The van der Waals surface area contributed by atoms with Crippen LogP contribution in [-0.4, -0.2) is 57.7 Å². The highest BCUT2D eigenvalue weighted by Crippen LogP contribution is 2.20. The van der Waals surface area contributed by atoms with Gasteiger partial charge in [-0.25, -0.2) is 9.78 Å². The van der Waals surface area contributed by atoms with Crippen molar-refractivity contribution in [1.29, 1.82) is 0 Å². The number of hydrogen-bond donors (Lipinski definition) is 2. The van der Waals surface area contributed by atoms with Gasteiger partial charge in [-0.05, 0) is 6.92 Å². The van der Waals surface area contributed by atoms with Crippen LogP contribution in [0.25, 0.3) is 0 Å². The van der Waals surface area contributed by atoms with Crippen molar-refractivity contribution in [2.45, 2.75) is 13.0 Å². The molecule has 1 saturated heterocycles. The number of hydrogen-bond acceptors (Lipinski definition) is 6. The number of nitrogens with zero attached hydrogens (tertiary/aromatic N) is 3. The molecule has 0 aliphatic carbocycles. The molecule has 1 aromatic rings. The van der Waals surface area contributed by atoms with Crippen molar-refractivity contribution in [1.82, 2.24) is 14.3 Å². The van der Waals surface area contributed by atoms with Crippen LogP contribution in [0.3, 0.4) is 0 Å². The molecule has 0 radical (unpaired) electrons. The number of amides is 2. The van der Waals surface area contributed by atoms with Crippen molar-refractivity contribution in [2.24, 2.45) is 5.92 Å². The number of aliphatic carboxylic acids is 1. The molecule has 2 rings (SSSR count). The molecule has 19 heavy (non-hydrogen) atoms. The van der Waals surface area contributed by atoms with E-state index in [4.69, 9.17) is 9.84 Å². The molecule has 2 N–H and O–H groups in total. The summed E-state index contributed by atoms with van der Waals surface area (Å²) in [5.41, 5.74) is 0. The average molecular weight is 286 g/mol. The Kier molecular flexibility index (Phi) is 3.96. The third kappa shape index (κ3) is 2.99. The molecule has 1 aliphatic heterocycles. The zero-order valence-corrected chi connectivity index (χ0v) is 11.3. The van der Waals surface area contributed by atoms with Crippen LogP contribution in [0.1, 0.15) is 5.82 Å². The molecule has 2 heterocycles. The third-order valence-electron chi connectivity index (χ3n) is 2.93. The number of urea groups is 1. The maximum absolute atomic E-state index is 12.0. The second kappa shape index (κ2) is 5.49. The van der Waals surface area contributed by atoms with E-state index in [1.807, 2.05) is 0 Å². The Morgan fingerprint density at radius 2 is 2.26 bits per heavy atom. The Bertz CT molecular complexity index is 492. The number of carbonyl (C=O) groups excluding carboxylic acids is 1. The Balaban J connectivity index is 2.00. The van der Waals surface area contributed by atoms with E-state index in [0.717, 1.165) is 11.5 Å². The van der Waals surface area contributed by atoms with E-state index in [2.05, 4.69) is 14.7 Å². The van der Waals surface area contributed by atoms with Gasteiger partial charge in [-0.2, -0.15) is 4.37 Å². The predicted molar refractivity (Wildman–Crippen MR) is 67.2 cm³/mol. The first-order chi connectivity index (χ1) is 8.99. The van der Waals surface area contributed by atoms with Gasteiger partial charge in [0, 0.05) is 18.6 Å². The van der Waals surface area contributed by atoms with Crippen LogP contribution in [0.15, 0.2) is 0 Å². The number of nitrogens with one attached hydrogen (secondary N) is 1. The Hall–Kier alpha value is -1.74. The Morgan fingerprint density at radius 1 is 1.53 bits per heavy atom. The first-order valence-electron chi connectivity index (χ1n) is 5.63. The van der Waals surface area contributed by atoms with E-state index in [-0.39, 0.29) is 13.2 Å². The van der Waals surface area contributed by atoms with Crippen molar-refractivity contribution < 1.29 is 19.4 Å². The van der Waals surface area contributed by atoms with Crippen molar-refractivity contribution in [3.05, 3.63) is 5.82 Å². The maximum Gasteiger partial charge on any atom is 0.323 e. The molecule has 2 unspecified atom stereocenters. The molecule has 2 amide bonds. The predicted octanol–water partition coefficient (Wildman–Crippen LogP) is 0.410. The van der Waals surface area contributed by atoms with E-state index in [9.17, 15) is 9.59 Å². The summed E-state index contributed by atoms with van der Waals surface area (Å²) < 4.78 is 9.08. The van der Waals surface area contributed by atoms with Gasteiger partial charge in [0.25, 0.3) is 0 Å². The molecule has 1 aliphatic rings. The largest absolute Gasteiger partial charge is 0.481 e. The minimum absolute atomic E-state index is 0.121. The van der Waals surface area contributed by atoms with E-state index in [1.54, 1.807) is 14.0 Å². The summed E-state index contributed by atoms with van der Waals surface area (Å²) in [7, 11) is 1.54. The molecule has 9 heteroatoms. The summed E-state index contributed by atoms with van der Waals surface area (Å²) in [6.07, 6.45) is 0. The summed E-state index contributed by atoms with van der Waals surface area (Å²) in [5, 5.41) is 12.0. The molecular formula is C10H14N4O4S. The van der Waals surface area contributed by atoms with Gasteiger partial charge in [0.1, 0.15) is 11.7 Å². The van der Waals surface area contributed by atoms with E-state index >= 15 is 0 Å². The lowest BCUT2D eigenvalue weighted by Crippen LogP contribution is -2.45. The number of carboxylic acids is 1. The van der Waals surface area contributed by atoms with Crippen LogP contribution < -0.4 is 5.32 Å². The molecule has 0 bridgehead atoms. The number of aromatic nitrogens is 2. The van der Waals surface area contributed by atoms with Crippen molar-refractivity contribution in [2.75, 3.05) is 25.6 Å². The lowest BCUT2D eigenvalue weighted by atomic mass is 10.0. The zero-order chi connectivity index (χ0) is 14.0. The molecule has 104 valence electrons. The number of anilines is 1. The number of ether oxygens (including phenoxy) is 1. The standard InChI is InChI=1S/C10H14N4O4S/c1-5-11-9(19-13-5)12-10(17)14(2)7-4-18-3-6(7)8(15)16/h6-7H,3-4H2,1-2H3,(H,15,16)(H,11,12,13,17). The molecule has 0 saturated carbocycles. The molecule has 1 fully saturated rings. The number of likely N-dealkylation sites (N-methyl/N-ethyl adjacent to an activating group) is 1. The second-order valence-corrected chi connectivity index (χ2v) is 4.99. The minimum atomic E-state index is -0.964. The highest BCUT2D eigenvalue weighted by atomic mass is 32.1. The average Bonchev–Trinajstić information content (AvgIpc) is 2.97. The molecule has 1 aromatic heterocycles. The number of aryl methyl sites for hydroxylation is 1. The van der Waals surface area contributed by atoms with Crippen LogP contribution >= 0.6 is 11.5 Å². The highest BCUT2D eigenvalue weighted by molar-refractivity contribution is 7.09. The molecule has 0 aromatic carbocycles. The third-order valence-corrected chi connectivity index (χ3v) is 3.65. The molecule has 0 spiro atoms. The fourth-order valence-corrected chi connectivity index (χ4v) is 2.40. The van der Waals surface area contributed by atoms with E-state index in [0.29, 0.717) is 11.0 Å². The van der Waals surface area contributed by atoms with Gasteiger partial charge in [-0.15, -0.1) is 0 Å². The van der Waals surface area contributed by atoms with Gasteiger partial charge in [0.2, 0.25) is 5.13 Å². The van der Waals surface area contributed by atoms with Gasteiger partial charge < -0.3 is 14.7 Å². The van der Waals surface area contributed by atoms with Gasteiger partial charge in [0.05, 0.1) is 19.3 Å². The fourth-order valence-electron chi connectivity index (χ4n) is 1.84. The van der Waals surface area contributed by atoms with E-state index in [1.165, 1.54) is 4.90 Å². The number of carbonyl (C=O) groups is 2. The number of carboxylic acid groups (broad SMARTS) is 1. The minimum Gasteiger partial charge on any atom is -0.481 e. The Labute approximate surface area is 113 Å². The van der Waals surface area contributed by atoms with Gasteiger partial charge >= 0.3 is 12.0 Å². The van der Waals surface area contributed by atoms with Crippen LogP contribution in [0.5, 0.6) is 0 Å². The normalized spacial score (nSPS) is 22.2. The van der Waals surface area contributed by atoms with Gasteiger partial charge in [-0.1, -0.05) is 0 Å². The molecule has 2 atom stereocenters. The molecular weight excluding hydrogens is 272 g/mol. The topological polar surface area (TPSA) is 105 Å². The quantitative estimate of drug-likeness (QED) is 0.834. The van der Waals surface area contributed by atoms with Crippen molar-refractivity contribution in [3.8, 4) is 0 Å². The summed E-state index contributed by atoms with van der Waals surface area (Å²) in [5.74, 6) is -1.09. The second-order valence-electron chi connectivity index (χ2n) is 4.24. The van der Waals surface area contributed by atoms with Crippen LogP contribution in [0, 0.1) is 12.8 Å². The van der Waals surface area contributed by atoms with Crippen LogP contribution in [-0.2, 0) is 9.53 Å². The smallest absolute Gasteiger partial charge is 0.323 e. The fraction of sp³-hybridized carbons (Fsp3) is 0.600. The van der Waals surface area contributed by atoms with E-state index < -0.39 is 24.0 Å². The maximum atomic E-state index is 12.0. The van der Waals surface area contributed by atoms with Crippen LogP contribution in [0.4, 0.5) is 9.93 Å². The summed E-state index contributed by atoms with van der Waals surface area (Å²) in [4.78, 5) is 28.4. The number of rotatable bonds is 3. The zero-order valence-electron chi connectivity index (χ0n) is 10.5. The first kappa shape index (κ1) is 13.7. The van der Waals surface area contributed by atoms with Crippen molar-refractivity contribution >= 4 is 28.7 Å². The summed E-state index contributed by atoms with van der Waals surface area (Å²) in [6, 6.07) is -0.899. The van der Waals surface area contributed by atoms with Gasteiger partial charge in [0.15, 0.2) is 0 Å². The van der Waals surface area contributed by atoms with Crippen LogP contribution in [0.2, 0.25) is 0 Å². The first-order valence-corrected chi connectivity index (χ1v) is 6.41. The van der Waals surface area contributed by atoms with Gasteiger partial charge in [-0.3, -0.25) is 10.1 Å². The molecule has 8 nitrogen and oxygen atoms in total. The summed E-state index contributed by atoms with van der Waals surface area (Å²) >= 11 is 1.08. The SMILES string of the molecule is Cc1nsc(NC(=O)N(C)C2COCC2C(=O)O)n1. The van der Waals surface area contributed by atoms with Crippen molar-refractivity contribution in [3.63, 3.8) is 0 Å². The lowest BCUT2D eigenvalue weighted by Gasteiger charge is -2.25. The lowest BCUT2D eigenvalue weighted by molar-refractivity contribution is -0.142. The monoisotopic (exact) mass is 286 g/mol. The summed E-state index contributed by atoms with van der Waals surface area (Å²) in [6.45, 7) is 2.06. The highest BCUT2D eigenvalue weighted by Gasteiger charge is 2.38. The Morgan fingerprint density at radius 3 is 2.84 bits per heavy atom.